The van der Waals surface area contributed by atoms with E-state index in [1.54, 1.807) is 24.3 Å². The summed E-state index contributed by atoms with van der Waals surface area (Å²) < 4.78 is 14.1. The average Bonchev–Trinajstić information content (AvgIpc) is 3.22. The summed E-state index contributed by atoms with van der Waals surface area (Å²) in [5.74, 6) is 0.569. The van der Waals surface area contributed by atoms with Gasteiger partial charge in [-0.1, -0.05) is 124 Å². The van der Waals surface area contributed by atoms with Gasteiger partial charge in [0.2, 0.25) is 0 Å². The first-order chi connectivity index (χ1) is 27.2. The molecule has 0 unspecified atom stereocenters. The molecular weight excluding hydrogens is 885 g/mol. The predicted molar refractivity (Wildman–Crippen MR) is 227 cm³/mol. The quantitative estimate of drug-likeness (QED) is 0.147. The van der Waals surface area contributed by atoms with Crippen molar-refractivity contribution in [1.29, 1.82) is 0 Å². The normalized spacial score (nSPS) is 11.2. The molecule has 0 aliphatic heterocycles. The van der Waals surface area contributed by atoms with Crippen LogP contribution >= 0.6 is 0 Å². The Morgan fingerprint density at radius 2 is 1.23 bits per heavy atom. The molecule has 2 aromatic heterocycles. The van der Waals surface area contributed by atoms with E-state index >= 15 is 0 Å². The zero-order valence-corrected chi connectivity index (χ0v) is 34.2. The third-order valence-corrected chi connectivity index (χ3v) is 9.95. The summed E-state index contributed by atoms with van der Waals surface area (Å²) in [4.78, 5) is 12.2. The van der Waals surface area contributed by atoms with Gasteiger partial charge in [0, 0.05) is 38.5 Å². The maximum absolute atomic E-state index is 14.1. The number of phenolic OH excluding ortho intramolecular Hbond substituents is 1. The zero-order chi connectivity index (χ0) is 38.6. The van der Waals surface area contributed by atoms with Crippen LogP contribution in [0.5, 0.6) is 5.75 Å². The van der Waals surface area contributed by atoms with Crippen molar-refractivity contribution in [3.63, 3.8) is 0 Å². The number of anilines is 3. The van der Waals surface area contributed by atoms with Crippen LogP contribution in [0.25, 0.3) is 44.8 Å². The zero-order valence-electron chi connectivity index (χ0n) is 31.9. The van der Waals surface area contributed by atoms with Gasteiger partial charge < -0.3 is 10.0 Å². The largest absolute Gasteiger partial charge is 0.507 e. The second-order valence-electron chi connectivity index (χ2n) is 15.0. The molecule has 0 atom stereocenters. The smallest absolute Gasteiger partial charge is 0.136 e. The van der Waals surface area contributed by atoms with Crippen molar-refractivity contribution in [2.45, 2.75) is 32.6 Å². The topological polar surface area (TPSA) is 49.3 Å². The molecule has 6 heteroatoms. The molecule has 6 aromatic carbocycles. The van der Waals surface area contributed by atoms with E-state index in [4.69, 9.17) is 9.97 Å². The molecular formula is C51H41FN3OPt-. The van der Waals surface area contributed by atoms with Crippen LogP contribution in [0.2, 0.25) is 0 Å². The second kappa shape index (κ2) is 16.9. The molecule has 0 bridgehead atoms. The van der Waals surface area contributed by atoms with Crippen molar-refractivity contribution in [3.8, 4) is 50.5 Å². The van der Waals surface area contributed by atoms with Crippen LogP contribution in [0.1, 0.15) is 37.5 Å². The number of pyridine rings is 2. The fourth-order valence-electron chi connectivity index (χ4n) is 6.89. The molecule has 0 aliphatic carbocycles. The summed E-state index contributed by atoms with van der Waals surface area (Å²) in [6.07, 6.45) is 2.74. The van der Waals surface area contributed by atoms with Crippen molar-refractivity contribution in [1.82, 2.24) is 9.97 Å². The molecule has 0 aliphatic rings. The van der Waals surface area contributed by atoms with Gasteiger partial charge in [0.25, 0.3) is 0 Å². The molecule has 0 radical (unpaired) electrons. The Morgan fingerprint density at radius 1 is 0.614 bits per heavy atom. The Bertz CT molecular complexity index is 2610. The number of para-hydroxylation sites is 2. The molecule has 57 heavy (non-hydrogen) atoms. The number of halogens is 1. The minimum atomic E-state index is -0.307. The number of rotatable bonds is 9. The summed E-state index contributed by atoms with van der Waals surface area (Å²) in [5.41, 5.74) is 11.6. The van der Waals surface area contributed by atoms with Gasteiger partial charge in [-0.3, -0.25) is 4.98 Å². The van der Waals surface area contributed by atoms with E-state index in [1.165, 1.54) is 23.3 Å². The minimum absolute atomic E-state index is 0. The standard InChI is InChI=1S/C51H41FN3O.Pt/c1-51(2,3)42-29-41(47-31-40(38-22-24-43(52)25-23-38)32-48(54-47)46-16-10-11-17-49(46)56)30-45(34-42)55(44-14-8-5-9-15-44)50-33-39(26-27-53-50)37-20-18-36(19-21-37)28-35-12-6-4-7-13-35;/h4-27,29,31-34,56H,28H2,1-3H3;/q-1;. The van der Waals surface area contributed by atoms with Crippen LogP contribution in [0.3, 0.4) is 0 Å². The van der Waals surface area contributed by atoms with Gasteiger partial charge in [-0.05, 0) is 111 Å². The van der Waals surface area contributed by atoms with Gasteiger partial charge in [0.15, 0.2) is 0 Å². The van der Waals surface area contributed by atoms with Crippen LogP contribution in [-0.2, 0) is 32.9 Å². The molecule has 8 rings (SSSR count). The summed E-state index contributed by atoms with van der Waals surface area (Å²) in [6, 6.07) is 59.2. The first-order valence-electron chi connectivity index (χ1n) is 18.8. The van der Waals surface area contributed by atoms with Crippen molar-refractivity contribution in [2.24, 2.45) is 0 Å². The predicted octanol–water partition coefficient (Wildman–Crippen LogP) is 13.1. The van der Waals surface area contributed by atoms with Gasteiger partial charge in [0.05, 0.1) is 5.69 Å². The Balaban J connectivity index is 0.00000496. The fourth-order valence-corrected chi connectivity index (χ4v) is 6.89. The van der Waals surface area contributed by atoms with Crippen LogP contribution in [0.4, 0.5) is 21.6 Å². The Kier molecular flexibility index (Phi) is 11.6. The second-order valence-corrected chi connectivity index (χ2v) is 15.0. The molecule has 8 aromatic rings. The molecule has 0 spiro atoms. The van der Waals surface area contributed by atoms with Crippen LogP contribution in [0, 0.1) is 11.9 Å². The van der Waals surface area contributed by atoms with E-state index in [1.807, 2.05) is 60.8 Å². The summed E-state index contributed by atoms with van der Waals surface area (Å²) in [7, 11) is 0. The molecule has 2 heterocycles. The minimum Gasteiger partial charge on any atom is -0.507 e. The molecule has 4 nitrogen and oxygen atoms in total. The SMILES string of the molecule is CC(C)(C)c1cc(-c2cc(-c3ccc(F)cc3)cc(-c3ccccc3O)n2)[c-]c(N(c2ccccc2)c2cc(-c3ccc(Cc4ccccc4)cc3)ccn2)c1.[Pt]. The number of aromatic nitrogens is 2. The van der Waals surface area contributed by atoms with Gasteiger partial charge in [-0.2, -0.15) is 0 Å². The average molecular weight is 926 g/mol. The molecule has 0 saturated heterocycles. The number of benzene rings is 6. The Hall–Kier alpha value is -6.16. The Labute approximate surface area is 348 Å². The monoisotopic (exact) mass is 925 g/mol. The number of aromatic hydroxyl groups is 1. The molecule has 0 amide bonds. The van der Waals surface area contributed by atoms with Gasteiger partial charge >= 0.3 is 0 Å². The van der Waals surface area contributed by atoms with Crippen LogP contribution in [0.15, 0.2) is 176 Å². The maximum Gasteiger partial charge on any atom is 0.136 e. The Morgan fingerprint density at radius 3 is 1.93 bits per heavy atom. The molecule has 284 valence electrons. The first kappa shape index (κ1) is 39.1. The van der Waals surface area contributed by atoms with Crippen LogP contribution < -0.4 is 4.90 Å². The van der Waals surface area contributed by atoms with E-state index < -0.39 is 0 Å². The van der Waals surface area contributed by atoms with Crippen LogP contribution in [-0.4, -0.2) is 15.1 Å². The van der Waals surface area contributed by atoms with Crippen molar-refractivity contribution in [2.75, 3.05) is 4.90 Å². The number of phenols is 1. The van der Waals surface area contributed by atoms with E-state index in [0.717, 1.165) is 57.0 Å². The fraction of sp³-hybridized carbons (Fsp3) is 0.0980. The third-order valence-electron chi connectivity index (χ3n) is 9.95. The molecule has 0 fully saturated rings. The van der Waals surface area contributed by atoms with E-state index in [-0.39, 0.29) is 38.0 Å². The van der Waals surface area contributed by atoms with Gasteiger partial charge in [0.1, 0.15) is 17.4 Å². The molecule has 0 saturated carbocycles. The van der Waals surface area contributed by atoms with Crippen molar-refractivity contribution >= 4 is 17.2 Å². The summed E-state index contributed by atoms with van der Waals surface area (Å²) >= 11 is 0. The maximum atomic E-state index is 14.1. The van der Waals surface area contributed by atoms with Crippen molar-refractivity contribution < 1.29 is 30.6 Å². The first-order valence-corrected chi connectivity index (χ1v) is 18.8. The number of hydrogen-bond donors (Lipinski definition) is 1. The number of hydrogen-bond acceptors (Lipinski definition) is 4. The molecule has 1 N–H and O–H groups in total. The van der Waals surface area contributed by atoms with E-state index in [0.29, 0.717) is 17.0 Å². The summed E-state index contributed by atoms with van der Waals surface area (Å²) in [5, 5.41) is 10.9. The third kappa shape index (κ3) is 8.96. The van der Waals surface area contributed by atoms with Crippen molar-refractivity contribution in [3.05, 3.63) is 205 Å². The van der Waals surface area contributed by atoms with E-state index in [9.17, 15) is 9.50 Å². The summed E-state index contributed by atoms with van der Waals surface area (Å²) in [6.45, 7) is 6.58. The number of nitrogens with zero attached hydrogens (tertiary/aromatic N) is 3. The van der Waals surface area contributed by atoms with Gasteiger partial charge in [-0.15, -0.1) is 29.3 Å². The van der Waals surface area contributed by atoms with E-state index in [2.05, 4.69) is 111 Å². The van der Waals surface area contributed by atoms with Gasteiger partial charge in [-0.25, -0.2) is 9.37 Å².